The van der Waals surface area contributed by atoms with E-state index in [0.29, 0.717) is 46.6 Å². The van der Waals surface area contributed by atoms with Gasteiger partial charge in [0, 0.05) is 18.7 Å². The minimum atomic E-state index is -3.69. The number of halogens is 2. The zero-order valence-corrected chi connectivity index (χ0v) is 17.1. The molecular formula is C19H17Cl2N3O3S. The van der Waals surface area contributed by atoms with Crippen LogP contribution in [0.25, 0.3) is 0 Å². The number of likely N-dealkylation sites (tertiary alicyclic amines) is 1. The summed E-state index contributed by atoms with van der Waals surface area (Å²) in [5, 5.41) is 3.49. The molecule has 0 bridgehead atoms. The van der Waals surface area contributed by atoms with Crippen LogP contribution in [0.4, 0.5) is 5.69 Å². The Morgan fingerprint density at radius 1 is 1.14 bits per heavy atom. The van der Waals surface area contributed by atoms with Crippen LogP contribution in [0.3, 0.4) is 0 Å². The summed E-state index contributed by atoms with van der Waals surface area (Å²) in [4.78, 5) is 14.8. The highest BCUT2D eigenvalue weighted by molar-refractivity contribution is 7.90. The fourth-order valence-corrected chi connectivity index (χ4v) is 5.11. The number of sulfonamides is 1. The highest BCUT2D eigenvalue weighted by Gasteiger charge is 2.35. The third-order valence-electron chi connectivity index (χ3n) is 4.91. The number of benzene rings is 2. The van der Waals surface area contributed by atoms with Crippen molar-refractivity contribution in [2.24, 2.45) is 10.3 Å². The maximum atomic E-state index is 12.8. The van der Waals surface area contributed by atoms with E-state index >= 15 is 0 Å². The van der Waals surface area contributed by atoms with E-state index in [2.05, 4.69) is 9.71 Å². The number of carbonyl (C=O) groups is 1. The Hall–Kier alpha value is -2.09. The Balaban J connectivity index is 1.54. The van der Waals surface area contributed by atoms with E-state index in [9.17, 15) is 13.2 Å². The molecule has 1 saturated heterocycles. The summed E-state index contributed by atoms with van der Waals surface area (Å²) in [6.07, 6.45) is 1.45. The van der Waals surface area contributed by atoms with Gasteiger partial charge in [0.05, 0.1) is 21.7 Å². The standard InChI is InChI=1S/C19H17Cl2N3O3S/c20-14-7-3-8-15(17(14)21)22-19(25)12-5-4-10-24(11-12)18-13-6-1-2-9-16(13)28(26,27)23-18/h1-3,6-9,12H,4-5,10-11H2,(H,22,25). The zero-order chi connectivity index (χ0) is 19.9. The average Bonchev–Trinajstić information content (AvgIpc) is 2.97. The molecule has 2 aromatic rings. The van der Waals surface area contributed by atoms with E-state index in [-0.39, 0.29) is 16.7 Å². The molecule has 0 spiro atoms. The Bertz CT molecular complexity index is 1090. The molecule has 6 nitrogen and oxygen atoms in total. The SMILES string of the molecule is O=C(Nc1cccc(Cl)c1Cl)C1CCCN(C2=NS(=O)(=O)c3ccccc32)C1. The molecule has 1 fully saturated rings. The van der Waals surface area contributed by atoms with Crippen LogP contribution in [0.5, 0.6) is 0 Å². The van der Waals surface area contributed by atoms with E-state index in [0.717, 1.165) is 6.42 Å². The summed E-state index contributed by atoms with van der Waals surface area (Å²) >= 11 is 12.2. The van der Waals surface area contributed by atoms with Gasteiger partial charge in [0.1, 0.15) is 4.90 Å². The van der Waals surface area contributed by atoms with Crippen LogP contribution < -0.4 is 5.32 Å². The zero-order valence-electron chi connectivity index (χ0n) is 14.7. The van der Waals surface area contributed by atoms with E-state index in [1.54, 1.807) is 42.5 Å². The molecule has 0 saturated carbocycles. The number of amidine groups is 1. The maximum absolute atomic E-state index is 12.8. The number of anilines is 1. The van der Waals surface area contributed by atoms with Gasteiger partial charge in [-0.1, -0.05) is 41.4 Å². The van der Waals surface area contributed by atoms with Crippen LogP contribution in [0, 0.1) is 5.92 Å². The Kier molecular flexibility index (Phi) is 5.07. The van der Waals surface area contributed by atoms with Crippen LogP contribution >= 0.6 is 23.2 Å². The van der Waals surface area contributed by atoms with Gasteiger partial charge in [0.2, 0.25) is 5.91 Å². The monoisotopic (exact) mass is 437 g/mol. The number of amides is 1. The molecule has 2 aromatic carbocycles. The van der Waals surface area contributed by atoms with Gasteiger partial charge < -0.3 is 10.2 Å². The molecule has 2 aliphatic heterocycles. The molecule has 1 atom stereocenters. The van der Waals surface area contributed by atoms with Gasteiger partial charge in [0.15, 0.2) is 5.84 Å². The second-order valence-corrected chi connectivity index (χ2v) is 9.12. The molecule has 0 aromatic heterocycles. The van der Waals surface area contributed by atoms with Gasteiger partial charge in [-0.3, -0.25) is 4.79 Å². The van der Waals surface area contributed by atoms with Crippen LogP contribution in [-0.2, 0) is 14.8 Å². The Morgan fingerprint density at radius 3 is 2.75 bits per heavy atom. The first-order valence-corrected chi connectivity index (χ1v) is 11.0. The van der Waals surface area contributed by atoms with Gasteiger partial charge in [-0.15, -0.1) is 4.40 Å². The fourth-order valence-electron chi connectivity index (χ4n) is 3.54. The van der Waals surface area contributed by atoms with E-state index in [1.165, 1.54) is 0 Å². The van der Waals surface area contributed by atoms with Gasteiger partial charge in [-0.05, 0) is 37.1 Å². The molecule has 1 unspecified atom stereocenters. The maximum Gasteiger partial charge on any atom is 0.285 e. The normalized spacial score (nSPS) is 20.4. The fraction of sp³-hybridized carbons (Fsp3) is 0.263. The number of hydrogen-bond acceptors (Lipinski definition) is 4. The first-order valence-electron chi connectivity index (χ1n) is 8.81. The lowest BCUT2D eigenvalue weighted by Crippen LogP contribution is -2.43. The summed E-state index contributed by atoms with van der Waals surface area (Å²) in [6.45, 7) is 1.02. The van der Waals surface area contributed by atoms with Gasteiger partial charge >= 0.3 is 0 Å². The quantitative estimate of drug-likeness (QED) is 0.774. The lowest BCUT2D eigenvalue weighted by atomic mass is 9.96. The summed E-state index contributed by atoms with van der Waals surface area (Å²) < 4.78 is 28.6. The van der Waals surface area contributed by atoms with Crippen molar-refractivity contribution in [2.75, 3.05) is 18.4 Å². The molecule has 2 heterocycles. The summed E-state index contributed by atoms with van der Waals surface area (Å²) in [6, 6.07) is 11.8. The third-order valence-corrected chi connectivity index (χ3v) is 7.06. The lowest BCUT2D eigenvalue weighted by molar-refractivity contribution is -0.121. The molecule has 28 heavy (non-hydrogen) atoms. The predicted octanol–water partition coefficient (Wildman–Crippen LogP) is 3.79. The largest absolute Gasteiger partial charge is 0.355 e. The lowest BCUT2D eigenvalue weighted by Gasteiger charge is -2.33. The molecule has 1 amide bonds. The van der Waals surface area contributed by atoms with Crippen molar-refractivity contribution >= 4 is 50.7 Å². The van der Waals surface area contributed by atoms with Crippen molar-refractivity contribution < 1.29 is 13.2 Å². The van der Waals surface area contributed by atoms with E-state index < -0.39 is 10.0 Å². The predicted molar refractivity (Wildman–Crippen MR) is 110 cm³/mol. The number of rotatable bonds is 2. The number of nitrogens with zero attached hydrogens (tertiary/aromatic N) is 2. The molecule has 0 radical (unpaired) electrons. The first-order chi connectivity index (χ1) is 13.4. The van der Waals surface area contributed by atoms with Crippen LogP contribution in [0.1, 0.15) is 18.4 Å². The highest BCUT2D eigenvalue weighted by Crippen LogP contribution is 2.32. The second kappa shape index (κ2) is 7.39. The summed E-state index contributed by atoms with van der Waals surface area (Å²) in [5.74, 6) is -0.0838. The number of hydrogen-bond donors (Lipinski definition) is 1. The van der Waals surface area contributed by atoms with Crippen molar-refractivity contribution in [1.29, 1.82) is 0 Å². The van der Waals surface area contributed by atoms with E-state index in [1.807, 2.05) is 4.90 Å². The number of piperidine rings is 1. The first kappa shape index (κ1) is 19.2. The van der Waals surface area contributed by atoms with Crippen molar-refractivity contribution in [2.45, 2.75) is 17.7 Å². The number of nitrogens with one attached hydrogen (secondary N) is 1. The Labute approximate surface area is 173 Å². The topological polar surface area (TPSA) is 78.8 Å². The van der Waals surface area contributed by atoms with Gasteiger partial charge in [-0.2, -0.15) is 8.42 Å². The smallest absolute Gasteiger partial charge is 0.285 e. The van der Waals surface area contributed by atoms with Crippen LogP contribution in [0.15, 0.2) is 51.8 Å². The molecule has 146 valence electrons. The van der Waals surface area contributed by atoms with E-state index in [4.69, 9.17) is 23.2 Å². The number of carbonyl (C=O) groups excluding carboxylic acids is 1. The second-order valence-electron chi connectivity index (χ2n) is 6.76. The average molecular weight is 438 g/mol. The van der Waals surface area contributed by atoms with Crippen molar-refractivity contribution in [3.8, 4) is 0 Å². The molecule has 4 rings (SSSR count). The molecule has 2 aliphatic rings. The minimum Gasteiger partial charge on any atom is -0.355 e. The van der Waals surface area contributed by atoms with Crippen LogP contribution in [-0.4, -0.2) is 38.2 Å². The summed E-state index contributed by atoms with van der Waals surface area (Å²) in [7, 11) is -3.69. The highest BCUT2D eigenvalue weighted by atomic mass is 35.5. The Morgan fingerprint density at radius 2 is 1.93 bits per heavy atom. The van der Waals surface area contributed by atoms with Crippen LogP contribution in [0.2, 0.25) is 10.0 Å². The van der Waals surface area contributed by atoms with Gasteiger partial charge in [-0.25, -0.2) is 0 Å². The molecule has 9 heteroatoms. The minimum absolute atomic E-state index is 0.177. The molecule has 0 aliphatic carbocycles. The van der Waals surface area contributed by atoms with Gasteiger partial charge in [0.25, 0.3) is 10.0 Å². The van der Waals surface area contributed by atoms with Crippen molar-refractivity contribution in [3.05, 3.63) is 58.1 Å². The third kappa shape index (κ3) is 3.50. The van der Waals surface area contributed by atoms with Crippen molar-refractivity contribution in [3.63, 3.8) is 0 Å². The molecule has 1 N–H and O–H groups in total. The number of fused-ring (bicyclic) bond motifs is 1. The summed E-state index contributed by atoms with van der Waals surface area (Å²) in [5.41, 5.74) is 1.05. The van der Waals surface area contributed by atoms with Crippen molar-refractivity contribution in [1.82, 2.24) is 4.90 Å². The molecular weight excluding hydrogens is 421 g/mol.